The summed E-state index contributed by atoms with van der Waals surface area (Å²) in [7, 11) is 0. The first-order chi connectivity index (χ1) is 12.1. The van der Waals surface area contributed by atoms with Crippen molar-refractivity contribution in [3.05, 3.63) is 52.8 Å². The average molecular weight is 404 g/mol. The van der Waals surface area contributed by atoms with Gasteiger partial charge in [0.15, 0.2) is 0 Å². The molecule has 25 heavy (non-hydrogen) atoms. The number of nitrogens with zero attached hydrogens (tertiary/aromatic N) is 4. The molecule has 1 saturated heterocycles. The fourth-order valence-corrected chi connectivity index (χ4v) is 3.15. The van der Waals surface area contributed by atoms with E-state index in [1.165, 1.54) is 0 Å². The van der Waals surface area contributed by atoms with E-state index in [4.69, 9.17) is 0 Å². The summed E-state index contributed by atoms with van der Waals surface area (Å²) in [5, 5.41) is 3.07. The van der Waals surface area contributed by atoms with Crippen molar-refractivity contribution in [2.24, 2.45) is 0 Å². The number of nitrogens with one attached hydrogen (secondary N) is 1. The fraction of sp³-hybridized carbons (Fsp3) is 0.389. The largest absolute Gasteiger partial charge is 0.348 e. The molecule has 0 saturated carbocycles. The molecule has 1 aromatic heterocycles. The molecule has 2 heterocycles. The summed E-state index contributed by atoms with van der Waals surface area (Å²) in [6.45, 7) is 5.76. The number of aromatic nitrogens is 2. The molecule has 1 fully saturated rings. The highest BCUT2D eigenvalue weighted by Gasteiger charge is 2.21. The van der Waals surface area contributed by atoms with Gasteiger partial charge in [0.2, 0.25) is 11.9 Å². The summed E-state index contributed by atoms with van der Waals surface area (Å²) in [6.07, 6.45) is 3.51. The number of piperazine rings is 1. The molecule has 0 aliphatic carbocycles. The van der Waals surface area contributed by atoms with Gasteiger partial charge in [0, 0.05) is 43.0 Å². The number of rotatable bonds is 5. The smallest absolute Gasteiger partial charge is 0.234 e. The lowest BCUT2D eigenvalue weighted by Crippen LogP contribution is -2.50. The molecular formula is C18H22BrN5O. The molecule has 7 heteroatoms. The zero-order valence-electron chi connectivity index (χ0n) is 14.2. The van der Waals surface area contributed by atoms with Gasteiger partial charge in [-0.2, -0.15) is 0 Å². The number of benzene rings is 1. The third kappa shape index (κ3) is 4.99. The number of halogens is 1. The van der Waals surface area contributed by atoms with Crippen LogP contribution in [0.5, 0.6) is 0 Å². The normalized spacial score (nSPS) is 16.5. The van der Waals surface area contributed by atoms with Gasteiger partial charge >= 0.3 is 0 Å². The van der Waals surface area contributed by atoms with Crippen molar-refractivity contribution in [2.75, 3.05) is 37.6 Å². The van der Waals surface area contributed by atoms with Gasteiger partial charge in [0.25, 0.3) is 0 Å². The molecule has 1 amide bonds. The van der Waals surface area contributed by atoms with E-state index in [1.807, 2.05) is 37.3 Å². The zero-order valence-corrected chi connectivity index (χ0v) is 15.8. The van der Waals surface area contributed by atoms with E-state index in [0.29, 0.717) is 6.54 Å². The maximum atomic E-state index is 12.3. The summed E-state index contributed by atoms with van der Waals surface area (Å²) < 4.78 is 1.04. The minimum Gasteiger partial charge on any atom is -0.348 e. The van der Waals surface area contributed by atoms with Gasteiger partial charge < -0.3 is 10.2 Å². The molecule has 1 aliphatic rings. The van der Waals surface area contributed by atoms with Crippen LogP contribution in [0.1, 0.15) is 18.5 Å². The summed E-state index contributed by atoms with van der Waals surface area (Å²) in [6, 6.07) is 9.84. The molecule has 1 aliphatic heterocycles. The third-order valence-corrected chi connectivity index (χ3v) is 4.85. The molecule has 2 aromatic rings. The Bertz CT molecular complexity index is 686. The summed E-state index contributed by atoms with van der Waals surface area (Å²) in [4.78, 5) is 25.2. The molecular weight excluding hydrogens is 382 g/mol. The van der Waals surface area contributed by atoms with Gasteiger partial charge in [-0.1, -0.05) is 28.1 Å². The van der Waals surface area contributed by atoms with Crippen molar-refractivity contribution in [1.29, 1.82) is 0 Å². The quantitative estimate of drug-likeness (QED) is 0.829. The Labute approximate surface area is 156 Å². The number of amides is 1. The Morgan fingerprint density at radius 3 is 2.44 bits per heavy atom. The lowest BCUT2D eigenvalue weighted by Gasteiger charge is -2.34. The second kappa shape index (κ2) is 8.40. The van der Waals surface area contributed by atoms with Gasteiger partial charge in [-0.25, -0.2) is 9.97 Å². The Morgan fingerprint density at radius 2 is 1.80 bits per heavy atom. The van der Waals surface area contributed by atoms with Crippen LogP contribution >= 0.6 is 15.9 Å². The van der Waals surface area contributed by atoms with Crippen LogP contribution in [0, 0.1) is 0 Å². The fourth-order valence-electron chi connectivity index (χ4n) is 2.89. The second-order valence-corrected chi connectivity index (χ2v) is 7.07. The van der Waals surface area contributed by atoms with Gasteiger partial charge in [0.05, 0.1) is 12.6 Å². The highest BCUT2D eigenvalue weighted by Crippen LogP contribution is 2.16. The van der Waals surface area contributed by atoms with E-state index in [2.05, 4.69) is 41.0 Å². The molecule has 132 valence electrons. The van der Waals surface area contributed by atoms with Gasteiger partial charge in [0.1, 0.15) is 0 Å². The summed E-state index contributed by atoms with van der Waals surface area (Å²) in [5.74, 6) is 0.815. The Morgan fingerprint density at radius 1 is 1.16 bits per heavy atom. The highest BCUT2D eigenvalue weighted by atomic mass is 79.9. The van der Waals surface area contributed by atoms with Crippen molar-refractivity contribution in [3.8, 4) is 0 Å². The van der Waals surface area contributed by atoms with Gasteiger partial charge in [-0.05, 0) is 30.7 Å². The van der Waals surface area contributed by atoms with Crippen LogP contribution in [0.15, 0.2) is 47.2 Å². The summed E-state index contributed by atoms with van der Waals surface area (Å²) >= 11 is 3.43. The number of hydrogen-bond acceptors (Lipinski definition) is 5. The minimum atomic E-state index is -0.000363. The number of anilines is 1. The molecule has 0 unspecified atom stereocenters. The molecule has 0 spiro atoms. The van der Waals surface area contributed by atoms with Gasteiger partial charge in [-0.15, -0.1) is 0 Å². The molecule has 6 nitrogen and oxygen atoms in total. The topological polar surface area (TPSA) is 61.4 Å². The van der Waals surface area contributed by atoms with E-state index in [9.17, 15) is 4.79 Å². The van der Waals surface area contributed by atoms with Crippen LogP contribution in [0.4, 0.5) is 5.95 Å². The van der Waals surface area contributed by atoms with Crippen molar-refractivity contribution < 1.29 is 4.79 Å². The van der Waals surface area contributed by atoms with Crippen LogP contribution in [-0.4, -0.2) is 53.5 Å². The van der Waals surface area contributed by atoms with Crippen molar-refractivity contribution in [2.45, 2.75) is 13.0 Å². The molecule has 1 aromatic carbocycles. The Balaban J connectivity index is 1.45. The van der Waals surface area contributed by atoms with E-state index < -0.39 is 0 Å². The molecule has 0 radical (unpaired) electrons. The molecule has 3 rings (SSSR count). The number of hydrogen-bond donors (Lipinski definition) is 1. The SMILES string of the molecule is C[C@H](NC(=O)CN1CCN(c2ncccn2)CC1)c1ccc(Br)cc1. The van der Waals surface area contributed by atoms with E-state index >= 15 is 0 Å². The maximum Gasteiger partial charge on any atom is 0.234 e. The first-order valence-corrected chi connectivity index (χ1v) is 9.20. The highest BCUT2D eigenvalue weighted by molar-refractivity contribution is 9.10. The number of carbonyl (C=O) groups is 1. The maximum absolute atomic E-state index is 12.3. The van der Waals surface area contributed by atoms with E-state index in [-0.39, 0.29) is 11.9 Å². The van der Waals surface area contributed by atoms with Crippen LogP contribution < -0.4 is 10.2 Å². The van der Waals surface area contributed by atoms with Crippen molar-refractivity contribution in [1.82, 2.24) is 20.2 Å². The van der Waals surface area contributed by atoms with E-state index in [0.717, 1.165) is 42.2 Å². The first-order valence-electron chi connectivity index (χ1n) is 8.41. The van der Waals surface area contributed by atoms with Crippen LogP contribution in [0.3, 0.4) is 0 Å². The molecule has 1 N–H and O–H groups in total. The Hall–Kier alpha value is -1.99. The Kier molecular flexibility index (Phi) is 5.99. The predicted molar refractivity (Wildman–Crippen MR) is 101 cm³/mol. The van der Waals surface area contributed by atoms with Crippen molar-refractivity contribution in [3.63, 3.8) is 0 Å². The standard InChI is InChI=1S/C18H22BrN5O/c1-14(15-3-5-16(19)6-4-15)22-17(25)13-23-9-11-24(12-10-23)18-20-7-2-8-21-18/h2-8,14H,9-13H2,1H3,(H,22,25)/t14-/m0/s1. The van der Waals surface area contributed by atoms with Gasteiger partial charge in [-0.3, -0.25) is 9.69 Å². The predicted octanol–water partition coefficient (Wildman–Crippen LogP) is 2.24. The van der Waals surface area contributed by atoms with Crippen LogP contribution in [0.25, 0.3) is 0 Å². The monoisotopic (exact) mass is 403 g/mol. The van der Waals surface area contributed by atoms with E-state index in [1.54, 1.807) is 12.4 Å². The second-order valence-electron chi connectivity index (χ2n) is 6.15. The molecule has 0 bridgehead atoms. The third-order valence-electron chi connectivity index (χ3n) is 4.32. The summed E-state index contributed by atoms with van der Waals surface area (Å²) in [5.41, 5.74) is 1.10. The van der Waals surface area contributed by atoms with Crippen LogP contribution in [0.2, 0.25) is 0 Å². The van der Waals surface area contributed by atoms with Crippen LogP contribution in [-0.2, 0) is 4.79 Å². The lowest BCUT2D eigenvalue weighted by molar-refractivity contribution is -0.123. The molecule has 1 atom stereocenters. The number of carbonyl (C=O) groups excluding carboxylic acids is 1. The lowest BCUT2D eigenvalue weighted by atomic mass is 10.1. The minimum absolute atomic E-state index is 0.000363. The zero-order chi connectivity index (χ0) is 17.6. The first kappa shape index (κ1) is 17.8. The van der Waals surface area contributed by atoms with Crippen molar-refractivity contribution >= 4 is 27.8 Å². The average Bonchev–Trinajstić information content (AvgIpc) is 2.63.